The molecule has 0 bridgehead atoms. The summed E-state index contributed by atoms with van der Waals surface area (Å²) in [5.74, 6) is 2.77. The van der Waals surface area contributed by atoms with Crippen LogP contribution in [-0.2, 0) is 6.42 Å². The zero-order valence-electron chi connectivity index (χ0n) is 8.32. The quantitative estimate of drug-likeness (QED) is 0.730. The molecular weight excluding hydrogens is 176 g/mol. The summed E-state index contributed by atoms with van der Waals surface area (Å²) in [4.78, 5) is 4.60. The molecule has 76 valence electrons. The van der Waals surface area contributed by atoms with Crippen LogP contribution in [0.2, 0.25) is 0 Å². The van der Waals surface area contributed by atoms with Gasteiger partial charge in [-0.3, -0.25) is 0 Å². The van der Waals surface area contributed by atoms with E-state index in [2.05, 4.69) is 10.1 Å². The van der Waals surface area contributed by atoms with Gasteiger partial charge in [-0.2, -0.15) is 5.10 Å². The van der Waals surface area contributed by atoms with Crippen molar-refractivity contribution in [2.45, 2.75) is 50.6 Å². The molecule has 2 aliphatic rings. The molecule has 1 saturated carbocycles. The summed E-state index contributed by atoms with van der Waals surface area (Å²) in [6.45, 7) is 0. The first-order valence-corrected chi connectivity index (χ1v) is 5.55. The summed E-state index contributed by atoms with van der Waals surface area (Å²) in [7, 11) is 0. The van der Waals surface area contributed by atoms with E-state index in [0.29, 0.717) is 5.92 Å². The molecule has 0 aromatic carbocycles. The molecule has 0 saturated heterocycles. The third-order valence-corrected chi connectivity index (χ3v) is 3.40. The normalized spacial score (nSPS) is 27.1. The Kier molecular flexibility index (Phi) is 1.83. The van der Waals surface area contributed by atoms with Gasteiger partial charge in [-0.05, 0) is 25.7 Å². The van der Waals surface area contributed by atoms with E-state index >= 15 is 0 Å². The Morgan fingerprint density at radius 1 is 1.21 bits per heavy atom. The second-order valence-electron chi connectivity index (χ2n) is 4.42. The number of nitrogens with zero attached hydrogens (tertiary/aromatic N) is 3. The predicted molar refractivity (Wildman–Crippen MR) is 52.8 cm³/mol. The van der Waals surface area contributed by atoms with Crippen LogP contribution in [0.15, 0.2) is 0 Å². The van der Waals surface area contributed by atoms with Gasteiger partial charge in [-0.25, -0.2) is 9.67 Å². The van der Waals surface area contributed by atoms with Crippen molar-refractivity contribution in [3.8, 4) is 0 Å². The molecule has 2 N–H and O–H groups in total. The third-order valence-electron chi connectivity index (χ3n) is 3.40. The molecule has 2 heterocycles. The van der Waals surface area contributed by atoms with Crippen LogP contribution in [0.1, 0.15) is 55.8 Å². The predicted octanol–water partition coefficient (Wildman–Crippen LogP) is 1.34. The number of hydrogen-bond acceptors (Lipinski definition) is 3. The number of aryl methyl sites for hydroxylation is 1. The Morgan fingerprint density at radius 2 is 2.07 bits per heavy atom. The van der Waals surface area contributed by atoms with Crippen molar-refractivity contribution < 1.29 is 0 Å². The number of hydrogen-bond donors (Lipinski definition) is 1. The van der Waals surface area contributed by atoms with Gasteiger partial charge in [0.15, 0.2) is 5.82 Å². The summed E-state index contributed by atoms with van der Waals surface area (Å²) in [6, 6.07) is 0. The van der Waals surface area contributed by atoms with E-state index in [9.17, 15) is 0 Å². The van der Waals surface area contributed by atoms with E-state index in [1.54, 1.807) is 0 Å². The van der Waals surface area contributed by atoms with E-state index < -0.39 is 0 Å². The number of nitrogens with two attached hydrogens (primary N) is 1. The largest absolute Gasteiger partial charge is 0.310 e. The molecule has 0 amide bonds. The van der Waals surface area contributed by atoms with Crippen LogP contribution >= 0.6 is 0 Å². The smallest absolute Gasteiger partial charge is 0.154 e. The Bertz CT molecular complexity index is 340. The molecule has 14 heavy (non-hydrogen) atoms. The first-order chi connectivity index (χ1) is 6.84. The van der Waals surface area contributed by atoms with Gasteiger partial charge in [0.1, 0.15) is 12.0 Å². The van der Waals surface area contributed by atoms with Crippen LogP contribution in [0, 0.1) is 0 Å². The molecule has 1 aromatic rings. The van der Waals surface area contributed by atoms with E-state index in [1.807, 2.05) is 4.68 Å². The van der Waals surface area contributed by atoms with Gasteiger partial charge in [-0.1, -0.05) is 6.42 Å². The zero-order valence-corrected chi connectivity index (χ0v) is 8.32. The Hall–Kier alpha value is -0.900. The van der Waals surface area contributed by atoms with Crippen molar-refractivity contribution >= 4 is 0 Å². The minimum absolute atomic E-state index is 0.0695. The molecule has 0 spiro atoms. The lowest BCUT2D eigenvalue weighted by Gasteiger charge is -2.21. The van der Waals surface area contributed by atoms with Gasteiger partial charge in [-0.15, -0.1) is 0 Å². The van der Waals surface area contributed by atoms with Gasteiger partial charge in [0.2, 0.25) is 0 Å². The average molecular weight is 192 g/mol. The molecular formula is C10H16N4. The van der Waals surface area contributed by atoms with Crippen molar-refractivity contribution in [1.29, 1.82) is 0 Å². The van der Waals surface area contributed by atoms with Crippen molar-refractivity contribution in [3.63, 3.8) is 0 Å². The highest BCUT2D eigenvalue weighted by atomic mass is 15.4. The van der Waals surface area contributed by atoms with E-state index in [0.717, 1.165) is 30.9 Å². The first kappa shape index (κ1) is 8.41. The van der Waals surface area contributed by atoms with Crippen LogP contribution in [0.5, 0.6) is 0 Å². The SMILES string of the molecule is NC1CCCc2nc(C3CCC3)nn21. The molecule has 4 heteroatoms. The molecule has 1 atom stereocenters. The standard InChI is InChI=1S/C10H16N4/c11-8-5-2-6-9-12-10(13-14(8)9)7-3-1-4-7/h7-8H,1-6,11H2. The fourth-order valence-corrected chi connectivity index (χ4v) is 2.24. The summed E-state index contributed by atoms with van der Waals surface area (Å²) < 4.78 is 1.94. The molecule has 1 aromatic heterocycles. The van der Waals surface area contributed by atoms with Crippen LogP contribution < -0.4 is 5.73 Å². The first-order valence-electron chi connectivity index (χ1n) is 5.55. The highest BCUT2D eigenvalue weighted by molar-refractivity contribution is 5.05. The molecule has 1 aliphatic carbocycles. The van der Waals surface area contributed by atoms with Gasteiger partial charge < -0.3 is 5.73 Å². The van der Waals surface area contributed by atoms with Gasteiger partial charge in [0, 0.05) is 12.3 Å². The number of rotatable bonds is 1. The van der Waals surface area contributed by atoms with E-state index in [-0.39, 0.29) is 6.17 Å². The average Bonchev–Trinajstić information content (AvgIpc) is 2.46. The van der Waals surface area contributed by atoms with Gasteiger partial charge in [0.05, 0.1) is 0 Å². The minimum atomic E-state index is 0.0695. The second-order valence-corrected chi connectivity index (χ2v) is 4.42. The lowest BCUT2D eigenvalue weighted by atomic mass is 9.85. The monoisotopic (exact) mass is 192 g/mol. The Labute approximate surface area is 83.5 Å². The summed E-state index contributed by atoms with van der Waals surface area (Å²) in [5.41, 5.74) is 5.98. The Balaban J connectivity index is 1.93. The molecule has 0 radical (unpaired) electrons. The van der Waals surface area contributed by atoms with Crippen LogP contribution in [0.3, 0.4) is 0 Å². The molecule has 4 nitrogen and oxygen atoms in total. The summed E-state index contributed by atoms with van der Waals surface area (Å²) in [5, 5.41) is 4.53. The fourth-order valence-electron chi connectivity index (χ4n) is 2.24. The number of fused-ring (bicyclic) bond motifs is 1. The zero-order chi connectivity index (χ0) is 9.54. The molecule has 3 rings (SSSR count). The molecule has 1 fully saturated rings. The van der Waals surface area contributed by atoms with Crippen molar-refractivity contribution in [1.82, 2.24) is 14.8 Å². The number of aromatic nitrogens is 3. The topological polar surface area (TPSA) is 56.7 Å². The van der Waals surface area contributed by atoms with Crippen molar-refractivity contribution in [2.75, 3.05) is 0 Å². The van der Waals surface area contributed by atoms with Crippen LogP contribution in [0.25, 0.3) is 0 Å². The van der Waals surface area contributed by atoms with Crippen molar-refractivity contribution in [2.24, 2.45) is 5.73 Å². The Morgan fingerprint density at radius 3 is 2.71 bits per heavy atom. The summed E-state index contributed by atoms with van der Waals surface area (Å²) in [6.07, 6.45) is 7.18. The highest BCUT2D eigenvalue weighted by Crippen LogP contribution is 2.35. The summed E-state index contributed by atoms with van der Waals surface area (Å²) >= 11 is 0. The lowest BCUT2D eigenvalue weighted by Crippen LogP contribution is -2.26. The molecule has 1 aliphatic heterocycles. The maximum Gasteiger partial charge on any atom is 0.154 e. The van der Waals surface area contributed by atoms with Crippen molar-refractivity contribution in [3.05, 3.63) is 11.6 Å². The van der Waals surface area contributed by atoms with Gasteiger partial charge in [0.25, 0.3) is 0 Å². The maximum atomic E-state index is 5.98. The maximum absolute atomic E-state index is 5.98. The third kappa shape index (κ3) is 1.17. The van der Waals surface area contributed by atoms with Crippen LogP contribution in [0.4, 0.5) is 0 Å². The van der Waals surface area contributed by atoms with Crippen LogP contribution in [-0.4, -0.2) is 14.8 Å². The van der Waals surface area contributed by atoms with E-state index in [4.69, 9.17) is 5.73 Å². The second kappa shape index (κ2) is 3.05. The minimum Gasteiger partial charge on any atom is -0.310 e. The lowest BCUT2D eigenvalue weighted by molar-refractivity contribution is 0.361. The van der Waals surface area contributed by atoms with E-state index in [1.165, 1.54) is 19.3 Å². The highest BCUT2D eigenvalue weighted by Gasteiger charge is 2.27. The van der Waals surface area contributed by atoms with Gasteiger partial charge >= 0.3 is 0 Å². The fraction of sp³-hybridized carbons (Fsp3) is 0.800. The molecule has 1 unspecified atom stereocenters.